The second-order valence-corrected chi connectivity index (χ2v) is 8.53. The van der Waals surface area contributed by atoms with Crippen LogP contribution in [0.4, 0.5) is 18.9 Å². The number of carbonyl (C=O) groups excluding carboxylic acids is 1. The lowest BCUT2D eigenvalue weighted by Crippen LogP contribution is -2.48. The van der Waals surface area contributed by atoms with E-state index in [0.717, 1.165) is 18.4 Å². The highest BCUT2D eigenvalue weighted by Crippen LogP contribution is 2.37. The Morgan fingerprint density at radius 3 is 2.28 bits per heavy atom. The van der Waals surface area contributed by atoms with Crippen LogP contribution in [0.2, 0.25) is 5.02 Å². The Morgan fingerprint density at radius 2 is 1.84 bits per heavy atom. The molecule has 0 aromatic heterocycles. The van der Waals surface area contributed by atoms with Gasteiger partial charge in [-0.2, -0.15) is 13.2 Å². The van der Waals surface area contributed by atoms with Gasteiger partial charge in [0.1, 0.15) is 6.54 Å². The van der Waals surface area contributed by atoms with Gasteiger partial charge in [0.2, 0.25) is 15.9 Å². The van der Waals surface area contributed by atoms with Gasteiger partial charge in [-0.3, -0.25) is 9.10 Å². The first-order chi connectivity index (χ1) is 11.2. The van der Waals surface area contributed by atoms with Crippen molar-refractivity contribution in [2.75, 3.05) is 17.1 Å². The molecule has 0 aliphatic rings. The molecule has 0 saturated heterocycles. The molecule has 142 valence electrons. The van der Waals surface area contributed by atoms with Crippen LogP contribution in [0.3, 0.4) is 0 Å². The number of nitrogens with zero attached hydrogens (tertiary/aromatic N) is 1. The monoisotopic (exact) mass is 400 g/mol. The summed E-state index contributed by atoms with van der Waals surface area (Å²) < 4.78 is 63.5. The summed E-state index contributed by atoms with van der Waals surface area (Å²) in [4.78, 5) is 12.1. The molecule has 0 aliphatic carbocycles. The lowest BCUT2D eigenvalue weighted by Gasteiger charge is -2.28. The van der Waals surface area contributed by atoms with Crippen LogP contribution >= 0.6 is 11.6 Å². The molecule has 0 radical (unpaired) electrons. The van der Waals surface area contributed by atoms with E-state index < -0.39 is 44.8 Å². The van der Waals surface area contributed by atoms with Gasteiger partial charge < -0.3 is 5.32 Å². The van der Waals surface area contributed by atoms with Crippen molar-refractivity contribution in [3.63, 3.8) is 0 Å². The number of carbonyl (C=O) groups is 1. The van der Waals surface area contributed by atoms with Gasteiger partial charge in [0.15, 0.2) is 0 Å². The Hall–Kier alpha value is -1.48. The molecule has 25 heavy (non-hydrogen) atoms. The van der Waals surface area contributed by atoms with E-state index >= 15 is 0 Å². The third-order valence-electron chi connectivity index (χ3n) is 3.59. The van der Waals surface area contributed by atoms with Gasteiger partial charge in [0.25, 0.3) is 0 Å². The molecule has 0 atom stereocenters. The zero-order valence-corrected chi connectivity index (χ0v) is 15.8. The molecular formula is C15H20ClF3N2O3S. The average molecular weight is 401 g/mol. The minimum atomic E-state index is -4.75. The number of sulfonamides is 1. The van der Waals surface area contributed by atoms with Crippen LogP contribution in [-0.4, -0.2) is 32.7 Å². The highest BCUT2D eigenvalue weighted by Gasteiger charge is 2.34. The molecule has 0 fully saturated rings. The number of benzene rings is 1. The van der Waals surface area contributed by atoms with E-state index in [1.807, 2.05) is 6.92 Å². The molecule has 5 nitrogen and oxygen atoms in total. The predicted molar refractivity (Wildman–Crippen MR) is 91.2 cm³/mol. The van der Waals surface area contributed by atoms with Gasteiger partial charge in [0.05, 0.1) is 22.5 Å². The fraction of sp³-hybridized carbons (Fsp3) is 0.533. The minimum absolute atomic E-state index is 0.288. The maximum absolute atomic E-state index is 13.0. The Labute approximate surface area is 150 Å². The van der Waals surface area contributed by atoms with E-state index in [4.69, 9.17) is 11.6 Å². The Bertz CT molecular complexity index is 749. The van der Waals surface area contributed by atoms with Crippen LogP contribution in [0.5, 0.6) is 0 Å². The minimum Gasteiger partial charge on any atom is -0.350 e. The molecule has 1 rings (SSSR count). The van der Waals surface area contributed by atoms with E-state index in [1.54, 1.807) is 13.8 Å². The van der Waals surface area contributed by atoms with Crippen molar-refractivity contribution in [1.82, 2.24) is 5.32 Å². The number of hydrogen-bond donors (Lipinski definition) is 1. The first-order valence-electron chi connectivity index (χ1n) is 7.33. The van der Waals surface area contributed by atoms with Gasteiger partial charge in [-0.25, -0.2) is 8.42 Å². The van der Waals surface area contributed by atoms with Gasteiger partial charge in [-0.05, 0) is 38.5 Å². The van der Waals surface area contributed by atoms with Gasteiger partial charge in [-0.15, -0.1) is 0 Å². The zero-order valence-electron chi connectivity index (χ0n) is 14.2. The molecular weight excluding hydrogens is 381 g/mol. The summed E-state index contributed by atoms with van der Waals surface area (Å²) in [6.45, 7) is 4.70. The summed E-state index contributed by atoms with van der Waals surface area (Å²) in [6.07, 6.45) is -3.34. The molecule has 1 aromatic rings. The summed E-state index contributed by atoms with van der Waals surface area (Å²) in [6, 6.07) is 2.68. The van der Waals surface area contributed by atoms with Crippen LogP contribution in [0.1, 0.15) is 32.8 Å². The summed E-state index contributed by atoms with van der Waals surface area (Å²) >= 11 is 5.54. The molecule has 0 spiro atoms. The number of hydrogen-bond acceptors (Lipinski definition) is 3. The van der Waals surface area contributed by atoms with Crippen molar-refractivity contribution in [2.45, 2.75) is 38.9 Å². The normalized spacial score (nSPS) is 12.8. The number of anilines is 1. The third-order valence-corrected chi connectivity index (χ3v) is 5.06. The second kappa shape index (κ2) is 7.41. The van der Waals surface area contributed by atoms with E-state index in [2.05, 4.69) is 5.32 Å². The van der Waals surface area contributed by atoms with Crippen molar-refractivity contribution >= 4 is 33.2 Å². The average Bonchev–Trinajstić information content (AvgIpc) is 2.42. The van der Waals surface area contributed by atoms with Crippen molar-refractivity contribution in [3.05, 3.63) is 28.8 Å². The van der Waals surface area contributed by atoms with Crippen LogP contribution in [0.25, 0.3) is 0 Å². The number of amides is 1. The zero-order chi connectivity index (χ0) is 19.6. The molecule has 0 heterocycles. The molecule has 0 bridgehead atoms. The molecule has 10 heteroatoms. The van der Waals surface area contributed by atoms with Crippen LogP contribution in [-0.2, 0) is 21.0 Å². The second-order valence-electron chi connectivity index (χ2n) is 6.22. The smallest absolute Gasteiger partial charge is 0.350 e. The first kappa shape index (κ1) is 21.6. The SMILES string of the molecule is CCC(C)(C)NC(=O)CN(c1ccc(Cl)c(C(F)(F)F)c1)S(C)(=O)=O. The van der Waals surface area contributed by atoms with Crippen molar-refractivity contribution in [2.24, 2.45) is 0 Å². The molecule has 1 N–H and O–H groups in total. The highest BCUT2D eigenvalue weighted by atomic mass is 35.5. The lowest BCUT2D eigenvalue weighted by atomic mass is 10.0. The topological polar surface area (TPSA) is 66.5 Å². The van der Waals surface area contributed by atoms with Crippen molar-refractivity contribution < 1.29 is 26.4 Å². The van der Waals surface area contributed by atoms with Crippen LogP contribution in [0, 0.1) is 0 Å². The van der Waals surface area contributed by atoms with Crippen molar-refractivity contribution in [3.8, 4) is 0 Å². The van der Waals surface area contributed by atoms with E-state index in [1.165, 1.54) is 0 Å². The largest absolute Gasteiger partial charge is 0.417 e. The predicted octanol–water partition coefficient (Wildman–Crippen LogP) is 3.43. The highest BCUT2D eigenvalue weighted by molar-refractivity contribution is 7.92. The maximum Gasteiger partial charge on any atom is 0.417 e. The summed E-state index contributed by atoms with van der Waals surface area (Å²) in [5.74, 6) is -0.624. The first-order valence-corrected chi connectivity index (χ1v) is 9.55. The number of alkyl halides is 3. The lowest BCUT2D eigenvalue weighted by molar-refractivity contribution is -0.137. The van der Waals surface area contributed by atoms with Gasteiger partial charge in [-0.1, -0.05) is 18.5 Å². The van der Waals surface area contributed by atoms with Gasteiger partial charge in [0, 0.05) is 5.54 Å². The summed E-state index contributed by atoms with van der Waals surface area (Å²) in [7, 11) is -3.99. The molecule has 0 aliphatic heterocycles. The molecule has 1 aromatic carbocycles. The van der Waals surface area contributed by atoms with Crippen LogP contribution in [0.15, 0.2) is 18.2 Å². The van der Waals surface area contributed by atoms with E-state index in [9.17, 15) is 26.4 Å². The summed E-state index contributed by atoms with van der Waals surface area (Å²) in [5, 5.41) is 2.09. The maximum atomic E-state index is 13.0. The number of halogens is 4. The quantitative estimate of drug-likeness (QED) is 0.795. The molecule has 0 saturated carbocycles. The Balaban J connectivity index is 3.24. The third kappa shape index (κ3) is 6.07. The van der Waals surface area contributed by atoms with Crippen molar-refractivity contribution in [1.29, 1.82) is 0 Å². The standard InChI is InChI=1S/C15H20ClF3N2O3S/c1-5-14(2,3)20-13(22)9-21(25(4,23)24)10-6-7-12(16)11(8-10)15(17,18)19/h6-8H,5,9H2,1-4H3,(H,20,22). The summed E-state index contributed by atoms with van der Waals surface area (Å²) in [5.41, 5.74) is -2.03. The number of nitrogens with one attached hydrogen (secondary N) is 1. The Kier molecular flexibility index (Phi) is 6.39. The van der Waals surface area contributed by atoms with Crippen LogP contribution < -0.4 is 9.62 Å². The fourth-order valence-corrected chi connectivity index (χ4v) is 2.99. The fourth-order valence-electron chi connectivity index (χ4n) is 1.92. The van der Waals surface area contributed by atoms with E-state index in [0.29, 0.717) is 16.8 Å². The number of rotatable bonds is 6. The van der Waals surface area contributed by atoms with Gasteiger partial charge >= 0.3 is 6.18 Å². The molecule has 0 unspecified atom stereocenters. The Morgan fingerprint density at radius 1 is 1.28 bits per heavy atom. The van der Waals surface area contributed by atoms with E-state index in [-0.39, 0.29) is 5.69 Å². The molecule has 1 amide bonds.